The van der Waals surface area contributed by atoms with Crippen molar-refractivity contribution in [3.63, 3.8) is 0 Å². The lowest BCUT2D eigenvalue weighted by Gasteiger charge is -2.30. The minimum absolute atomic E-state index is 0.274. The summed E-state index contributed by atoms with van der Waals surface area (Å²) in [7, 11) is 1.61. The summed E-state index contributed by atoms with van der Waals surface area (Å²) in [5.41, 5.74) is 0.254. The molecule has 0 bridgehead atoms. The van der Waals surface area contributed by atoms with Crippen molar-refractivity contribution in [2.45, 2.75) is 18.6 Å². The van der Waals surface area contributed by atoms with E-state index in [2.05, 4.69) is 4.98 Å². The zero-order valence-corrected chi connectivity index (χ0v) is 16.9. The molecule has 154 valence electrons. The monoisotopic (exact) mass is 439 g/mol. The minimum atomic E-state index is -1.50. The van der Waals surface area contributed by atoms with E-state index in [9.17, 15) is 5.11 Å². The van der Waals surface area contributed by atoms with E-state index >= 15 is 0 Å². The number of benzene rings is 2. The van der Waals surface area contributed by atoms with E-state index in [1.807, 2.05) is 35.0 Å². The van der Waals surface area contributed by atoms with Gasteiger partial charge in [-0.15, -0.1) is 10.1 Å². The van der Waals surface area contributed by atoms with Gasteiger partial charge in [-0.3, -0.25) is 0 Å². The lowest BCUT2D eigenvalue weighted by molar-refractivity contribution is -0.742. The van der Waals surface area contributed by atoms with Gasteiger partial charge < -0.3 is 19.6 Å². The number of ether oxygens (including phenoxy) is 1. The Bertz CT molecular complexity index is 911. The Kier molecular flexibility index (Phi) is 7.83. The van der Waals surface area contributed by atoms with Crippen LogP contribution < -0.4 is 4.74 Å². The zero-order chi connectivity index (χ0) is 21.4. The third kappa shape index (κ3) is 6.35. The highest BCUT2D eigenvalue weighted by Crippen LogP contribution is 2.34. The molecular formula is C19H19Cl2N3O5. The maximum absolute atomic E-state index is 11.5. The molecule has 0 aliphatic carbocycles. The van der Waals surface area contributed by atoms with Crippen LogP contribution in [0.15, 0.2) is 61.2 Å². The summed E-state index contributed by atoms with van der Waals surface area (Å²) in [4.78, 5) is 12.4. The molecule has 0 fully saturated rings. The number of aliphatic hydroxyl groups is 1. The van der Waals surface area contributed by atoms with E-state index in [4.69, 9.17) is 43.3 Å². The van der Waals surface area contributed by atoms with Gasteiger partial charge in [0.2, 0.25) is 0 Å². The average molecular weight is 440 g/mol. The normalized spacial score (nSPS) is 12.4. The average Bonchev–Trinajstić information content (AvgIpc) is 3.17. The summed E-state index contributed by atoms with van der Waals surface area (Å²) in [6.07, 6.45) is 5.43. The van der Waals surface area contributed by atoms with Crippen molar-refractivity contribution in [2.75, 3.05) is 7.11 Å². The van der Waals surface area contributed by atoms with Gasteiger partial charge in [0.05, 0.1) is 20.0 Å². The van der Waals surface area contributed by atoms with E-state index in [-0.39, 0.29) is 6.42 Å². The maximum atomic E-state index is 11.5. The third-order valence-corrected chi connectivity index (χ3v) is 4.87. The largest absolute Gasteiger partial charge is 0.497 e. The van der Waals surface area contributed by atoms with Crippen LogP contribution in [0, 0.1) is 10.1 Å². The van der Waals surface area contributed by atoms with Gasteiger partial charge in [0.15, 0.2) is 0 Å². The summed E-state index contributed by atoms with van der Waals surface area (Å²) in [5.74, 6) is 0.726. The Morgan fingerprint density at radius 3 is 2.28 bits per heavy atom. The highest BCUT2D eigenvalue weighted by Gasteiger charge is 2.32. The number of hydrogen-bond donors (Lipinski definition) is 2. The van der Waals surface area contributed by atoms with Gasteiger partial charge in [0.1, 0.15) is 11.4 Å². The highest BCUT2D eigenvalue weighted by atomic mass is 35.5. The molecule has 1 atom stereocenters. The van der Waals surface area contributed by atoms with Crippen LogP contribution in [0.5, 0.6) is 5.75 Å². The summed E-state index contributed by atoms with van der Waals surface area (Å²) < 4.78 is 7.03. The SMILES string of the molecule is COc1ccc(C(O)(Cc2c(Cl)cccc2Cl)Cn2ccnc2)cc1.O=[N+]([O-])O. The number of imidazole rings is 1. The molecule has 2 aromatic carbocycles. The number of aromatic nitrogens is 2. The van der Waals surface area contributed by atoms with Gasteiger partial charge in [-0.1, -0.05) is 41.4 Å². The van der Waals surface area contributed by atoms with Crippen LogP contribution in [-0.4, -0.2) is 32.1 Å². The molecule has 0 aliphatic heterocycles. The van der Waals surface area contributed by atoms with Crippen LogP contribution in [0.3, 0.4) is 0 Å². The molecule has 0 aliphatic rings. The summed E-state index contributed by atoms with van der Waals surface area (Å²) in [6, 6.07) is 12.7. The second kappa shape index (κ2) is 10.1. The number of rotatable bonds is 6. The topological polar surface area (TPSA) is 111 Å². The summed E-state index contributed by atoms with van der Waals surface area (Å²) in [5, 5.41) is 26.2. The van der Waals surface area contributed by atoms with Gasteiger partial charge in [-0.25, -0.2) is 4.98 Å². The number of methoxy groups -OCH3 is 1. The van der Waals surface area contributed by atoms with E-state index in [0.717, 1.165) is 11.3 Å². The van der Waals surface area contributed by atoms with E-state index in [0.29, 0.717) is 22.2 Å². The molecule has 8 nitrogen and oxygen atoms in total. The molecule has 3 aromatic rings. The fourth-order valence-electron chi connectivity index (χ4n) is 2.83. The van der Waals surface area contributed by atoms with Crippen LogP contribution in [0.1, 0.15) is 11.1 Å². The van der Waals surface area contributed by atoms with Crippen molar-refractivity contribution in [1.82, 2.24) is 9.55 Å². The standard InChI is InChI=1S/C19H18Cl2N2O2.HNO3/c1-25-15-7-5-14(6-8-15)19(24,12-23-10-9-22-13-23)11-16-17(20)3-2-4-18(16)21;2-1(3)4/h2-10,13,24H,11-12H2,1H3;(H,2,3,4). The van der Waals surface area contributed by atoms with Crippen LogP contribution in [0.4, 0.5) is 0 Å². The third-order valence-electron chi connectivity index (χ3n) is 4.16. The lowest BCUT2D eigenvalue weighted by Crippen LogP contribution is -2.34. The van der Waals surface area contributed by atoms with Crippen molar-refractivity contribution in [1.29, 1.82) is 0 Å². The molecule has 0 radical (unpaired) electrons. The van der Waals surface area contributed by atoms with Crippen molar-refractivity contribution < 1.29 is 20.1 Å². The summed E-state index contributed by atoms with van der Waals surface area (Å²) in [6.45, 7) is 0.320. The first-order valence-corrected chi connectivity index (χ1v) is 9.09. The lowest BCUT2D eigenvalue weighted by atomic mass is 9.87. The fraction of sp³-hybridized carbons (Fsp3) is 0.211. The first-order valence-electron chi connectivity index (χ1n) is 8.34. The van der Waals surface area contributed by atoms with E-state index in [1.165, 1.54) is 0 Å². The molecule has 1 unspecified atom stereocenters. The first-order chi connectivity index (χ1) is 13.7. The molecule has 2 N–H and O–H groups in total. The second-order valence-corrected chi connectivity index (χ2v) is 6.92. The number of halogens is 2. The predicted octanol–water partition coefficient (Wildman–Crippen LogP) is 3.98. The van der Waals surface area contributed by atoms with Crippen molar-refractivity contribution in [3.8, 4) is 5.75 Å². The van der Waals surface area contributed by atoms with Gasteiger partial charge >= 0.3 is 0 Å². The predicted molar refractivity (Wildman–Crippen MR) is 108 cm³/mol. The number of hydrogen-bond acceptors (Lipinski definition) is 5. The van der Waals surface area contributed by atoms with Gasteiger partial charge in [-0.2, -0.15) is 0 Å². The highest BCUT2D eigenvalue weighted by molar-refractivity contribution is 6.36. The second-order valence-electron chi connectivity index (χ2n) is 6.11. The maximum Gasteiger partial charge on any atom is 0.291 e. The Labute approximate surface area is 177 Å². The van der Waals surface area contributed by atoms with Crippen LogP contribution in [0.2, 0.25) is 10.0 Å². The molecule has 3 rings (SSSR count). The van der Waals surface area contributed by atoms with Crippen molar-refractivity contribution >= 4 is 23.2 Å². The fourth-order valence-corrected chi connectivity index (χ4v) is 3.36. The number of nitrogens with zero attached hydrogens (tertiary/aromatic N) is 3. The van der Waals surface area contributed by atoms with Crippen LogP contribution in [0.25, 0.3) is 0 Å². The quantitative estimate of drug-likeness (QED) is 0.443. The smallest absolute Gasteiger partial charge is 0.291 e. The molecule has 10 heteroatoms. The van der Waals surface area contributed by atoms with Crippen LogP contribution >= 0.6 is 23.2 Å². The van der Waals surface area contributed by atoms with Crippen molar-refractivity contribution in [3.05, 3.63) is 92.5 Å². The van der Waals surface area contributed by atoms with E-state index in [1.54, 1.807) is 37.8 Å². The molecule has 29 heavy (non-hydrogen) atoms. The molecule has 0 saturated heterocycles. The molecule has 1 heterocycles. The Balaban J connectivity index is 0.000000687. The molecule has 0 amide bonds. The minimum Gasteiger partial charge on any atom is -0.497 e. The van der Waals surface area contributed by atoms with Crippen LogP contribution in [-0.2, 0) is 18.6 Å². The van der Waals surface area contributed by atoms with Gasteiger partial charge in [0.25, 0.3) is 5.09 Å². The Morgan fingerprint density at radius 2 is 1.79 bits per heavy atom. The molecule has 0 spiro atoms. The molecule has 0 saturated carbocycles. The zero-order valence-electron chi connectivity index (χ0n) is 15.4. The Hall–Kier alpha value is -2.81. The molecular weight excluding hydrogens is 421 g/mol. The van der Waals surface area contributed by atoms with E-state index < -0.39 is 10.7 Å². The first kappa shape index (κ1) is 22.5. The molecule has 1 aromatic heterocycles. The Morgan fingerprint density at radius 1 is 1.21 bits per heavy atom. The van der Waals surface area contributed by atoms with Crippen molar-refractivity contribution in [2.24, 2.45) is 0 Å². The summed E-state index contributed by atoms with van der Waals surface area (Å²) >= 11 is 12.6. The van der Waals surface area contributed by atoms with Gasteiger partial charge in [0, 0.05) is 28.9 Å². The van der Waals surface area contributed by atoms with Gasteiger partial charge in [-0.05, 0) is 35.4 Å².